The zero-order valence-electron chi connectivity index (χ0n) is 10.6. The predicted octanol–water partition coefficient (Wildman–Crippen LogP) is 2.91. The van der Waals surface area contributed by atoms with Crippen molar-refractivity contribution >= 4 is 11.8 Å². The summed E-state index contributed by atoms with van der Waals surface area (Å²) in [7, 11) is 0. The van der Waals surface area contributed by atoms with Crippen LogP contribution < -0.4 is 5.73 Å². The van der Waals surface area contributed by atoms with Crippen LogP contribution in [-0.4, -0.2) is 24.5 Å². The molecule has 2 nitrogen and oxygen atoms in total. The Morgan fingerprint density at radius 1 is 1.47 bits per heavy atom. The third-order valence-corrected chi connectivity index (χ3v) is 4.75. The van der Waals surface area contributed by atoms with Gasteiger partial charge in [0.15, 0.2) is 0 Å². The minimum absolute atomic E-state index is 0.224. The van der Waals surface area contributed by atoms with Crippen molar-refractivity contribution in [2.24, 2.45) is 5.73 Å². The number of hydrogen-bond donors (Lipinski definition) is 1. The van der Waals surface area contributed by atoms with Crippen LogP contribution in [0.25, 0.3) is 0 Å². The second kappa shape index (κ2) is 5.89. The Balaban J connectivity index is 2.13. The van der Waals surface area contributed by atoms with Crippen LogP contribution in [0.15, 0.2) is 24.3 Å². The first kappa shape index (κ1) is 12.9. The number of benzene rings is 1. The van der Waals surface area contributed by atoms with E-state index in [0.29, 0.717) is 10.5 Å². The van der Waals surface area contributed by atoms with E-state index in [1.165, 1.54) is 11.1 Å². The molecule has 0 bridgehead atoms. The molecular formula is C14H21NOS. The smallest absolute Gasteiger partial charge is 0.0608 e. The molecule has 0 amide bonds. The number of rotatable bonds is 5. The molecule has 17 heavy (non-hydrogen) atoms. The van der Waals surface area contributed by atoms with Gasteiger partial charge >= 0.3 is 0 Å². The highest BCUT2D eigenvalue weighted by Crippen LogP contribution is 2.38. The quantitative estimate of drug-likeness (QED) is 0.874. The Bertz CT molecular complexity index is 365. The summed E-state index contributed by atoms with van der Waals surface area (Å²) >= 11 is 1.98. The van der Waals surface area contributed by atoms with Crippen molar-refractivity contribution in [3.05, 3.63) is 35.4 Å². The topological polar surface area (TPSA) is 35.2 Å². The minimum atomic E-state index is 0.224. The van der Waals surface area contributed by atoms with Crippen molar-refractivity contribution < 1.29 is 4.74 Å². The van der Waals surface area contributed by atoms with E-state index < -0.39 is 0 Å². The minimum Gasteiger partial charge on any atom is -0.379 e. The van der Waals surface area contributed by atoms with Crippen LogP contribution in [0, 0.1) is 6.92 Å². The summed E-state index contributed by atoms with van der Waals surface area (Å²) in [5.41, 5.74) is 8.93. The van der Waals surface area contributed by atoms with Crippen molar-refractivity contribution in [2.45, 2.75) is 36.8 Å². The molecule has 2 unspecified atom stereocenters. The average Bonchev–Trinajstić information content (AvgIpc) is 2.27. The van der Waals surface area contributed by atoms with Gasteiger partial charge in [-0.1, -0.05) is 36.8 Å². The van der Waals surface area contributed by atoms with Gasteiger partial charge in [-0.2, -0.15) is 0 Å². The molecule has 0 spiro atoms. The zero-order valence-corrected chi connectivity index (χ0v) is 11.4. The van der Waals surface area contributed by atoms with Crippen LogP contribution in [0.1, 0.15) is 29.7 Å². The molecule has 1 heterocycles. The normalized spacial score (nSPS) is 19.7. The van der Waals surface area contributed by atoms with Crippen molar-refractivity contribution in [1.82, 2.24) is 0 Å². The second-order valence-corrected chi connectivity index (χ2v) is 6.15. The lowest BCUT2D eigenvalue weighted by molar-refractivity contribution is 0.0452. The average molecular weight is 251 g/mol. The number of thioether (sulfide) groups is 1. The van der Waals surface area contributed by atoms with E-state index in [0.717, 1.165) is 19.6 Å². The summed E-state index contributed by atoms with van der Waals surface area (Å²) in [5.74, 6) is 0. The van der Waals surface area contributed by atoms with Gasteiger partial charge < -0.3 is 10.5 Å². The molecule has 94 valence electrons. The summed E-state index contributed by atoms with van der Waals surface area (Å²) in [6, 6.07) is 8.93. The van der Waals surface area contributed by atoms with Crippen molar-refractivity contribution in [3.8, 4) is 0 Å². The third-order valence-electron chi connectivity index (χ3n) is 3.18. The molecule has 0 saturated carbocycles. The van der Waals surface area contributed by atoms with Crippen LogP contribution in [0.4, 0.5) is 0 Å². The van der Waals surface area contributed by atoms with Crippen LogP contribution in [0.2, 0.25) is 0 Å². The van der Waals surface area contributed by atoms with Gasteiger partial charge in [0, 0.05) is 11.3 Å². The SMILES string of the molecule is CCC(N)C(SC1COC1)c1cccc(C)c1. The van der Waals surface area contributed by atoms with Crippen LogP contribution in [0.5, 0.6) is 0 Å². The summed E-state index contributed by atoms with van der Waals surface area (Å²) in [4.78, 5) is 0. The van der Waals surface area contributed by atoms with Gasteiger partial charge in [-0.25, -0.2) is 0 Å². The Kier molecular flexibility index (Phi) is 4.48. The Morgan fingerprint density at radius 3 is 2.76 bits per heavy atom. The molecule has 1 aromatic carbocycles. The first-order chi connectivity index (χ1) is 8.20. The maximum Gasteiger partial charge on any atom is 0.0608 e. The summed E-state index contributed by atoms with van der Waals surface area (Å²) in [6.07, 6.45) is 1.01. The van der Waals surface area contributed by atoms with Gasteiger partial charge in [-0.3, -0.25) is 0 Å². The lowest BCUT2D eigenvalue weighted by atomic mass is 10.0. The molecular weight excluding hydrogens is 230 g/mol. The van der Waals surface area contributed by atoms with E-state index in [1.54, 1.807) is 0 Å². The van der Waals surface area contributed by atoms with Crippen molar-refractivity contribution in [3.63, 3.8) is 0 Å². The molecule has 1 fully saturated rings. The molecule has 1 aliphatic heterocycles. The molecule has 0 radical (unpaired) electrons. The van der Waals surface area contributed by atoms with Crippen LogP contribution >= 0.6 is 11.8 Å². The molecule has 2 atom stereocenters. The second-order valence-electron chi connectivity index (χ2n) is 4.70. The first-order valence-electron chi connectivity index (χ1n) is 6.26. The summed E-state index contributed by atoms with van der Waals surface area (Å²) in [6.45, 7) is 6.05. The lowest BCUT2D eigenvalue weighted by Crippen LogP contribution is -2.35. The van der Waals surface area contributed by atoms with E-state index in [4.69, 9.17) is 10.5 Å². The zero-order chi connectivity index (χ0) is 12.3. The Morgan fingerprint density at radius 2 is 2.24 bits per heavy atom. The van der Waals surface area contributed by atoms with E-state index >= 15 is 0 Å². The predicted molar refractivity (Wildman–Crippen MR) is 74.4 cm³/mol. The van der Waals surface area contributed by atoms with E-state index in [-0.39, 0.29) is 6.04 Å². The first-order valence-corrected chi connectivity index (χ1v) is 7.20. The molecule has 0 aromatic heterocycles. The van der Waals surface area contributed by atoms with Gasteiger partial charge in [-0.05, 0) is 18.9 Å². The van der Waals surface area contributed by atoms with Crippen molar-refractivity contribution in [2.75, 3.05) is 13.2 Å². The Labute approximate surface area is 108 Å². The monoisotopic (exact) mass is 251 g/mol. The highest BCUT2D eigenvalue weighted by atomic mass is 32.2. The van der Waals surface area contributed by atoms with Gasteiger partial charge in [0.05, 0.1) is 18.5 Å². The van der Waals surface area contributed by atoms with Gasteiger partial charge in [0.2, 0.25) is 0 Å². The largest absolute Gasteiger partial charge is 0.379 e. The molecule has 0 aliphatic carbocycles. The molecule has 3 heteroatoms. The maximum absolute atomic E-state index is 6.26. The van der Waals surface area contributed by atoms with Crippen LogP contribution in [0.3, 0.4) is 0 Å². The molecule has 2 rings (SSSR count). The van der Waals surface area contributed by atoms with E-state index in [2.05, 4.69) is 38.1 Å². The molecule has 2 N–H and O–H groups in total. The lowest BCUT2D eigenvalue weighted by Gasteiger charge is -2.32. The van der Waals surface area contributed by atoms with Gasteiger partial charge in [0.1, 0.15) is 0 Å². The van der Waals surface area contributed by atoms with Crippen LogP contribution in [-0.2, 0) is 4.74 Å². The summed E-state index contributed by atoms with van der Waals surface area (Å²) in [5, 5.41) is 1.02. The number of hydrogen-bond acceptors (Lipinski definition) is 3. The Hall–Kier alpha value is -0.510. The van der Waals surface area contributed by atoms with Crippen molar-refractivity contribution in [1.29, 1.82) is 0 Å². The molecule has 1 aliphatic rings. The molecule has 1 saturated heterocycles. The summed E-state index contributed by atoms with van der Waals surface area (Å²) < 4.78 is 5.25. The van der Waals surface area contributed by atoms with Gasteiger partial charge in [-0.15, -0.1) is 11.8 Å². The van der Waals surface area contributed by atoms with E-state index in [1.807, 2.05) is 11.8 Å². The number of ether oxygens (including phenoxy) is 1. The van der Waals surface area contributed by atoms with Gasteiger partial charge in [0.25, 0.3) is 0 Å². The fourth-order valence-electron chi connectivity index (χ4n) is 1.99. The third kappa shape index (κ3) is 3.24. The number of nitrogens with two attached hydrogens (primary N) is 1. The fraction of sp³-hybridized carbons (Fsp3) is 0.571. The number of aryl methyl sites for hydroxylation is 1. The fourth-order valence-corrected chi connectivity index (χ4v) is 3.45. The standard InChI is InChI=1S/C14H21NOS/c1-3-13(15)14(17-12-8-16-9-12)11-6-4-5-10(2)7-11/h4-7,12-14H,3,8-9,15H2,1-2H3. The maximum atomic E-state index is 6.26. The molecule has 1 aromatic rings. The highest BCUT2D eigenvalue weighted by Gasteiger charge is 2.27. The highest BCUT2D eigenvalue weighted by molar-refractivity contribution is 8.00. The van der Waals surface area contributed by atoms with E-state index in [9.17, 15) is 0 Å².